The molecule has 2 saturated heterocycles. The maximum Gasteiger partial charge on any atom is 0.390 e. The van der Waals surface area contributed by atoms with Gasteiger partial charge >= 0.3 is 6.18 Å². The minimum Gasteiger partial charge on any atom is -0.315 e. The smallest absolute Gasteiger partial charge is 0.315 e. The summed E-state index contributed by atoms with van der Waals surface area (Å²) in [4.78, 5) is 4.33. The highest BCUT2D eigenvalue weighted by Crippen LogP contribution is 2.20. The van der Waals surface area contributed by atoms with Gasteiger partial charge in [-0.15, -0.1) is 12.4 Å². The molecular formula is C11H21ClF3N3. The highest BCUT2D eigenvalue weighted by atomic mass is 35.5. The Hall–Kier alpha value is -0.0400. The van der Waals surface area contributed by atoms with Crippen LogP contribution in [0.1, 0.15) is 12.8 Å². The number of nitrogens with zero attached hydrogens (tertiary/aromatic N) is 2. The number of alkyl halides is 3. The quantitative estimate of drug-likeness (QED) is 0.845. The number of hydrogen-bond donors (Lipinski definition) is 1. The molecule has 2 aliphatic rings. The van der Waals surface area contributed by atoms with E-state index in [1.165, 1.54) is 6.42 Å². The van der Waals surface area contributed by atoms with E-state index in [0.29, 0.717) is 6.04 Å². The van der Waals surface area contributed by atoms with E-state index >= 15 is 0 Å². The van der Waals surface area contributed by atoms with Crippen molar-refractivity contribution in [1.29, 1.82) is 0 Å². The molecule has 0 radical (unpaired) electrons. The van der Waals surface area contributed by atoms with Gasteiger partial charge in [-0.3, -0.25) is 4.90 Å². The molecule has 0 spiro atoms. The maximum absolute atomic E-state index is 12.1. The lowest BCUT2D eigenvalue weighted by Gasteiger charge is -2.37. The Labute approximate surface area is 112 Å². The highest BCUT2D eigenvalue weighted by molar-refractivity contribution is 5.85. The summed E-state index contributed by atoms with van der Waals surface area (Å²) in [6, 6.07) is 0.597. The zero-order valence-corrected chi connectivity index (χ0v) is 11.2. The van der Waals surface area contributed by atoms with Crippen molar-refractivity contribution in [2.45, 2.75) is 25.1 Å². The van der Waals surface area contributed by atoms with Crippen LogP contribution < -0.4 is 5.32 Å². The van der Waals surface area contributed by atoms with Crippen molar-refractivity contribution in [2.75, 3.05) is 45.8 Å². The van der Waals surface area contributed by atoms with E-state index in [1.54, 1.807) is 0 Å². The molecule has 18 heavy (non-hydrogen) atoms. The van der Waals surface area contributed by atoms with Crippen molar-refractivity contribution < 1.29 is 13.2 Å². The van der Waals surface area contributed by atoms with Crippen LogP contribution in [0.5, 0.6) is 0 Å². The van der Waals surface area contributed by atoms with Crippen molar-refractivity contribution in [3.63, 3.8) is 0 Å². The second-order valence-electron chi connectivity index (χ2n) is 4.89. The third kappa shape index (κ3) is 4.91. The lowest BCUT2D eigenvalue weighted by molar-refractivity contribution is -0.138. The zero-order valence-electron chi connectivity index (χ0n) is 10.4. The van der Waals surface area contributed by atoms with Crippen LogP contribution in [0.2, 0.25) is 0 Å². The normalized spacial score (nSPS) is 27.2. The van der Waals surface area contributed by atoms with Gasteiger partial charge in [-0.25, -0.2) is 0 Å². The van der Waals surface area contributed by atoms with Crippen LogP contribution in [0.15, 0.2) is 0 Å². The lowest BCUT2D eigenvalue weighted by Crippen LogP contribution is -2.51. The van der Waals surface area contributed by atoms with Gasteiger partial charge in [-0.05, 0) is 13.0 Å². The van der Waals surface area contributed by atoms with E-state index in [-0.39, 0.29) is 19.0 Å². The van der Waals surface area contributed by atoms with E-state index in [4.69, 9.17) is 0 Å². The van der Waals surface area contributed by atoms with Gasteiger partial charge in [-0.1, -0.05) is 0 Å². The minimum atomic E-state index is -4.02. The van der Waals surface area contributed by atoms with E-state index < -0.39 is 12.6 Å². The van der Waals surface area contributed by atoms with Gasteiger partial charge < -0.3 is 10.2 Å². The van der Waals surface area contributed by atoms with Gasteiger partial charge in [0.25, 0.3) is 0 Å². The molecule has 1 N–H and O–H groups in total. The van der Waals surface area contributed by atoms with Crippen LogP contribution in [-0.4, -0.2) is 67.8 Å². The van der Waals surface area contributed by atoms with Crippen molar-refractivity contribution in [3.05, 3.63) is 0 Å². The van der Waals surface area contributed by atoms with Crippen molar-refractivity contribution in [2.24, 2.45) is 0 Å². The molecule has 0 saturated carbocycles. The fourth-order valence-electron chi connectivity index (χ4n) is 2.59. The first-order valence-electron chi connectivity index (χ1n) is 6.28. The Balaban J connectivity index is 0.00000162. The number of rotatable bonds is 3. The summed E-state index contributed by atoms with van der Waals surface area (Å²) >= 11 is 0. The molecule has 1 atom stereocenters. The van der Waals surface area contributed by atoms with Gasteiger partial charge in [0.2, 0.25) is 0 Å². The predicted octanol–water partition coefficient (Wildman–Crippen LogP) is 1.34. The Morgan fingerprint density at radius 2 is 1.78 bits per heavy atom. The summed E-state index contributed by atoms with van der Waals surface area (Å²) in [6.07, 6.45) is -3.53. The number of piperazine rings is 1. The lowest BCUT2D eigenvalue weighted by atomic mass is 10.2. The SMILES string of the molecule is Cl.FC(F)(F)CCN1CCN(C2CCNC2)CC1. The molecule has 0 aromatic rings. The Morgan fingerprint density at radius 3 is 2.28 bits per heavy atom. The monoisotopic (exact) mass is 287 g/mol. The van der Waals surface area contributed by atoms with Crippen molar-refractivity contribution in [1.82, 2.24) is 15.1 Å². The van der Waals surface area contributed by atoms with Crippen LogP contribution >= 0.6 is 12.4 Å². The van der Waals surface area contributed by atoms with Gasteiger partial charge in [0.1, 0.15) is 0 Å². The highest BCUT2D eigenvalue weighted by Gasteiger charge is 2.30. The molecule has 0 aromatic carbocycles. The molecule has 0 amide bonds. The largest absolute Gasteiger partial charge is 0.390 e. The van der Waals surface area contributed by atoms with Gasteiger partial charge in [0.15, 0.2) is 0 Å². The summed E-state index contributed by atoms with van der Waals surface area (Å²) < 4.78 is 36.3. The summed E-state index contributed by atoms with van der Waals surface area (Å²) in [5, 5.41) is 3.32. The third-order valence-corrected chi connectivity index (χ3v) is 3.67. The van der Waals surface area contributed by atoms with Crippen LogP contribution in [0.25, 0.3) is 0 Å². The van der Waals surface area contributed by atoms with Gasteiger partial charge in [0.05, 0.1) is 6.42 Å². The first-order chi connectivity index (χ1) is 8.04. The van der Waals surface area contributed by atoms with Gasteiger partial charge in [-0.2, -0.15) is 13.2 Å². The average Bonchev–Trinajstić information content (AvgIpc) is 2.79. The second kappa shape index (κ2) is 6.93. The van der Waals surface area contributed by atoms with Gasteiger partial charge in [0, 0.05) is 45.3 Å². The molecule has 108 valence electrons. The molecule has 1 unspecified atom stereocenters. The standard InChI is InChI=1S/C11H20F3N3.ClH/c12-11(13,14)2-4-16-5-7-17(8-6-16)10-1-3-15-9-10;/h10,15H,1-9H2;1H. The van der Waals surface area contributed by atoms with Crippen molar-refractivity contribution in [3.8, 4) is 0 Å². The summed E-state index contributed by atoms with van der Waals surface area (Å²) in [6.45, 7) is 5.61. The Kier molecular flexibility index (Phi) is 6.17. The van der Waals surface area contributed by atoms with E-state index in [0.717, 1.165) is 39.3 Å². The average molecular weight is 288 g/mol. The first-order valence-corrected chi connectivity index (χ1v) is 6.28. The molecule has 2 rings (SSSR count). The Morgan fingerprint density at radius 1 is 1.11 bits per heavy atom. The van der Waals surface area contributed by atoms with E-state index in [1.807, 2.05) is 4.90 Å². The molecule has 0 aromatic heterocycles. The van der Waals surface area contributed by atoms with E-state index in [2.05, 4.69) is 10.2 Å². The van der Waals surface area contributed by atoms with Crippen LogP contribution in [0.4, 0.5) is 13.2 Å². The molecule has 3 nitrogen and oxygen atoms in total. The number of hydrogen-bond acceptors (Lipinski definition) is 3. The summed E-state index contributed by atoms with van der Waals surface area (Å²) in [5.74, 6) is 0. The van der Waals surface area contributed by atoms with Crippen LogP contribution in [0.3, 0.4) is 0 Å². The number of nitrogens with one attached hydrogen (secondary N) is 1. The zero-order chi connectivity index (χ0) is 12.3. The summed E-state index contributed by atoms with van der Waals surface area (Å²) in [5.41, 5.74) is 0. The molecule has 7 heteroatoms. The molecule has 2 fully saturated rings. The molecule has 0 aliphatic carbocycles. The topological polar surface area (TPSA) is 18.5 Å². The molecular weight excluding hydrogens is 267 g/mol. The van der Waals surface area contributed by atoms with E-state index in [9.17, 15) is 13.2 Å². The fraction of sp³-hybridized carbons (Fsp3) is 1.00. The molecule has 2 aliphatic heterocycles. The third-order valence-electron chi connectivity index (χ3n) is 3.67. The second-order valence-corrected chi connectivity index (χ2v) is 4.89. The van der Waals surface area contributed by atoms with Crippen LogP contribution in [-0.2, 0) is 0 Å². The Bertz CT molecular complexity index is 236. The predicted molar refractivity (Wildman–Crippen MR) is 67.2 cm³/mol. The maximum atomic E-state index is 12.1. The number of halogens is 4. The van der Waals surface area contributed by atoms with Crippen LogP contribution in [0, 0.1) is 0 Å². The first kappa shape index (κ1) is 16.0. The van der Waals surface area contributed by atoms with Crippen molar-refractivity contribution >= 4 is 12.4 Å². The summed E-state index contributed by atoms with van der Waals surface area (Å²) in [7, 11) is 0. The minimum absolute atomic E-state index is 0. The molecule has 0 bridgehead atoms. The fourth-order valence-corrected chi connectivity index (χ4v) is 2.59. The molecule has 2 heterocycles.